The molecule has 98 valence electrons. The third-order valence-electron chi connectivity index (χ3n) is 3.26. The molecule has 0 fully saturated rings. The minimum atomic E-state index is 0.0748. The number of unbranched alkanes of at least 4 members (excludes halogenated alkanes) is 5. The zero-order valence-corrected chi connectivity index (χ0v) is 11.6. The Balaban J connectivity index is 3.86. The third-order valence-corrected chi connectivity index (χ3v) is 3.26. The zero-order valence-electron chi connectivity index (χ0n) is 11.6. The fourth-order valence-corrected chi connectivity index (χ4v) is 2.05. The predicted molar refractivity (Wildman–Crippen MR) is 72.2 cm³/mol. The van der Waals surface area contributed by atoms with Crippen LogP contribution in [0.2, 0.25) is 0 Å². The Hall–Kier alpha value is -0.0800. The summed E-state index contributed by atoms with van der Waals surface area (Å²) in [6, 6.07) is 0. The molecule has 16 heavy (non-hydrogen) atoms. The number of quaternary nitrogens is 1. The van der Waals surface area contributed by atoms with E-state index in [0.29, 0.717) is 0 Å². The van der Waals surface area contributed by atoms with Crippen LogP contribution < -0.4 is 0 Å². The molecule has 2 heteroatoms. The molecular weight excluding hydrogens is 198 g/mol. The van der Waals surface area contributed by atoms with Gasteiger partial charge in [-0.25, -0.2) is 0 Å². The minimum Gasteiger partial charge on any atom is -0.633 e. The molecule has 0 aliphatic rings. The van der Waals surface area contributed by atoms with Gasteiger partial charge < -0.3 is 9.85 Å². The summed E-state index contributed by atoms with van der Waals surface area (Å²) in [6.07, 6.45) is 9.33. The molecule has 0 heterocycles. The van der Waals surface area contributed by atoms with Gasteiger partial charge in [-0.2, -0.15) is 0 Å². The Kier molecular flexibility index (Phi) is 10.0. The number of hydrogen-bond acceptors (Lipinski definition) is 1. The van der Waals surface area contributed by atoms with Gasteiger partial charge in [0, 0.05) is 0 Å². The summed E-state index contributed by atoms with van der Waals surface area (Å²) in [6.45, 7) is 9.07. The Morgan fingerprint density at radius 1 is 0.625 bits per heavy atom. The second-order valence-electron chi connectivity index (χ2n) is 5.00. The lowest BCUT2D eigenvalue weighted by Gasteiger charge is -2.43. The first-order chi connectivity index (χ1) is 7.68. The lowest BCUT2D eigenvalue weighted by Crippen LogP contribution is -2.44. The van der Waals surface area contributed by atoms with Crippen LogP contribution in [0.1, 0.15) is 72.1 Å². The van der Waals surface area contributed by atoms with Crippen molar-refractivity contribution in [3.63, 3.8) is 0 Å². The Labute approximate surface area is 102 Å². The third kappa shape index (κ3) is 8.12. The highest BCUT2D eigenvalue weighted by Gasteiger charge is 2.14. The molecule has 0 amide bonds. The van der Waals surface area contributed by atoms with Crippen LogP contribution in [0.4, 0.5) is 0 Å². The fraction of sp³-hybridized carbons (Fsp3) is 1.00. The molecule has 0 aliphatic carbocycles. The smallest absolute Gasteiger partial charge is 0.0783 e. The van der Waals surface area contributed by atoms with E-state index in [2.05, 4.69) is 20.8 Å². The van der Waals surface area contributed by atoms with E-state index < -0.39 is 0 Å². The lowest BCUT2D eigenvalue weighted by molar-refractivity contribution is -0.881. The topological polar surface area (TPSA) is 23.1 Å². The van der Waals surface area contributed by atoms with Crippen molar-refractivity contribution >= 4 is 0 Å². The molecule has 0 unspecified atom stereocenters. The van der Waals surface area contributed by atoms with Gasteiger partial charge >= 0.3 is 0 Å². The normalized spacial score (nSPS) is 12.0. The maximum absolute atomic E-state index is 12.5. The first kappa shape index (κ1) is 15.9. The number of nitrogens with zero attached hydrogens (tertiary/aromatic N) is 1. The Morgan fingerprint density at radius 2 is 1.06 bits per heavy atom. The second kappa shape index (κ2) is 10.1. The quantitative estimate of drug-likeness (QED) is 0.291. The molecule has 0 aromatic heterocycles. The average molecular weight is 229 g/mol. The van der Waals surface area contributed by atoms with Gasteiger partial charge in [0.1, 0.15) is 0 Å². The molecule has 0 atom stereocenters. The monoisotopic (exact) mass is 229 g/mol. The van der Waals surface area contributed by atoms with Gasteiger partial charge in [-0.15, -0.1) is 0 Å². The molecule has 0 saturated carbocycles. The van der Waals surface area contributed by atoms with Gasteiger partial charge in [-0.3, -0.25) is 0 Å². The van der Waals surface area contributed by atoms with Crippen LogP contribution in [0.15, 0.2) is 0 Å². The largest absolute Gasteiger partial charge is 0.633 e. The van der Waals surface area contributed by atoms with Gasteiger partial charge in [0.05, 0.1) is 19.6 Å². The van der Waals surface area contributed by atoms with E-state index in [0.717, 1.165) is 51.7 Å². The van der Waals surface area contributed by atoms with Crippen molar-refractivity contribution in [3.8, 4) is 0 Å². The molecule has 0 aliphatic heterocycles. The van der Waals surface area contributed by atoms with E-state index in [1.165, 1.54) is 19.3 Å². The van der Waals surface area contributed by atoms with Gasteiger partial charge in [-0.05, 0) is 25.7 Å². The standard InChI is InChI=1S/C14H31NO/c1-4-7-10-11-14-15(16,12-8-5-2)13-9-6-3/h4-14H2,1-3H3. The fourth-order valence-electron chi connectivity index (χ4n) is 2.05. The van der Waals surface area contributed by atoms with Gasteiger partial charge in [0.15, 0.2) is 0 Å². The maximum Gasteiger partial charge on any atom is 0.0783 e. The molecule has 0 rings (SSSR count). The van der Waals surface area contributed by atoms with E-state index in [-0.39, 0.29) is 4.65 Å². The van der Waals surface area contributed by atoms with Gasteiger partial charge in [0.2, 0.25) is 0 Å². The summed E-state index contributed by atoms with van der Waals surface area (Å²) in [4.78, 5) is 0. The maximum atomic E-state index is 12.5. The van der Waals surface area contributed by atoms with Crippen molar-refractivity contribution in [2.45, 2.75) is 72.1 Å². The first-order valence-electron chi connectivity index (χ1n) is 7.25. The summed E-state index contributed by atoms with van der Waals surface area (Å²) >= 11 is 0. The molecule has 0 aromatic carbocycles. The SMILES string of the molecule is CCCCCC[N+]([O-])(CCCC)CCCC. The van der Waals surface area contributed by atoms with Gasteiger partial charge in [0.25, 0.3) is 0 Å². The summed E-state index contributed by atoms with van der Waals surface area (Å²) in [7, 11) is 0. The number of hydrogen-bond donors (Lipinski definition) is 0. The number of hydroxylamine groups is 3. The Morgan fingerprint density at radius 3 is 1.50 bits per heavy atom. The summed E-state index contributed by atoms with van der Waals surface area (Å²) in [5.41, 5.74) is 0. The van der Waals surface area contributed by atoms with Crippen molar-refractivity contribution in [3.05, 3.63) is 5.21 Å². The van der Waals surface area contributed by atoms with Crippen LogP contribution >= 0.6 is 0 Å². The molecule has 0 N–H and O–H groups in total. The highest BCUT2D eigenvalue weighted by Crippen LogP contribution is 2.13. The van der Waals surface area contributed by atoms with E-state index in [4.69, 9.17) is 0 Å². The van der Waals surface area contributed by atoms with Crippen LogP contribution in [-0.2, 0) is 0 Å². The van der Waals surface area contributed by atoms with E-state index in [1.54, 1.807) is 0 Å². The highest BCUT2D eigenvalue weighted by atomic mass is 16.5. The van der Waals surface area contributed by atoms with E-state index in [9.17, 15) is 5.21 Å². The molecule has 0 aromatic rings. The average Bonchev–Trinajstić information content (AvgIpc) is 2.30. The predicted octanol–water partition coefficient (Wildman–Crippen LogP) is 4.48. The van der Waals surface area contributed by atoms with Crippen LogP contribution in [-0.4, -0.2) is 24.3 Å². The highest BCUT2D eigenvalue weighted by molar-refractivity contribution is 4.48. The number of rotatable bonds is 11. The van der Waals surface area contributed by atoms with E-state index in [1.807, 2.05) is 0 Å². The van der Waals surface area contributed by atoms with Crippen LogP contribution in [0, 0.1) is 5.21 Å². The first-order valence-corrected chi connectivity index (χ1v) is 7.25. The summed E-state index contributed by atoms with van der Waals surface area (Å²) in [5, 5.41) is 12.5. The van der Waals surface area contributed by atoms with Crippen molar-refractivity contribution in [1.29, 1.82) is 0 Å². The van der Waals surface area contributed by atoms with Crippen LogP contribution in [0.5, 0.6) is 0 Å². The van der Waals surface area contributed by atoms with Crippen LogP contribution in [0.3, 0.4) is 0 Å². The molecule has 0 radical (unpaired) electrons. The van der Waals surface area contributed by atoms with Crippen molar-refractivity contribution in [2.75, 3.05) is 19.6 Å². The van der Waals surface area contributed by atoms with Crippen LogP contribution in [0.25, 0.3) is 0 Å². The minimum absolute atomic E-state index is 0.0748. The zero-order chi connectivity index (χ0) is 12.3. The van der Waals surface area contributed by atoms with Crippen molar-refractivity contribution in [1.82, 2.24) is 0 Å². The lowest BCUT2D eigenvalue weighted by atomic mass is 10.2. The molecule has 0 saturated heterocycles. The molecular formula is C14H31NO. The summed E-state index contributed by atoms with van der Waals surface area (Å²) in [5.74, 6) is 0. The second-order valence-corrected chi connectivity index (χ2v) is 5.00. The van der Waals surface area contributed by atoms with E-state index >= 15 is 0 Å². The molecule has 2 nitrogen and oxygen atoms in total. The van der Waals surface area contributed by atoms with Crippen molar-refractivity contribution < 1.29 is 4.65 Å². The Bertz CT molecular complexity index is 140. The van der Waals surface area contributed by atoms with Gasteiger partial charge in [-0.1, -0.05) is 46.5 Å². The molecule has 0 bridgehead atoms. The summed E-state index contributed by atoms with van der Waals surface area (Å²) < 4.78 is 0.0748. The van der Waals surface area contributed by atoms with Crippen molar-refractivity contribution in [2.24, 2.45) is 0 Å². The molecule has 0 spiro atoms.